The van der Waals surface area contributed by atoms with Crippen LogP contribution >= 0.6 is 0 Å². The van der Waals surface area contributed by atoms with E-state index in [4.69, 9.17) is 4.84 Å². The number of nitrogens with zero attached hydrogens (tertiary/aromatic N) is 2. The van der Waals surface area contributed by atoms with Crippen LogP contribution in [0.3, 0.4) is 0 Å². The lowest BCUT2D eigenvalue weighted by Gasteiger charge is -2.40. The number of hydroxylamine groups is 4. The minimum atomic E-state index is -1.05. The zero-order chi connectivity index (χ0) is 17.6. The van der Waals surface area contributed by atoms with Gasteiger partial charge in [-0.25, -0.2) is 5.06 Å². The molecule has 1 fully saturated rings. The van der Waals surface area contributed by atoms with Gasteiger partial charge in [0.05, 0.1) is 12.7 Å². The number of hydrogen-bond donors (Lipinski definition) is 2. The molecule has 0 aliphatic carbocycles. The molecular weight excluding hydrogens is 308 g/mol. The van der Waals surface area contributed by atoms with Crippen molar-refractivity contribution in [1.82, 2.24) is 10.1 Å². The van der Waals surface area contributed by atoms with Gasteiger partial charge in [0.1, 0.15) is 11.3 Å². The number of aliphatic hydroxyl groups excluding tert-OH is 1. The van der Waals surface area contributed by atoms with E-state index in [0.717, 1.165) is 21.8 Å². The van der Waals surface area contributed by atoms with E-state index in [9.17, 15) is 15.1 Å². The van der Waals surface area contributed by atoms with Crippen LogP contribution in [0.25, 0.3) is 5.57 Å². The van der Waals surface area contributed by atoms with E-state index in [0.29, 0.717) is 31.5 Å². The molecule has 0 atom stereocenters. The fourth-order valence-corrected chi connectivity index (χ4v) is 4.02. The maximum atomic E-state index is 12.7. The van der Waals surface area contributed by atoms with Crippen molar-refractivity contribution in [3.05, 3.63) is 40.1 Å². The molecule has 24 heavy (non-hydrogen) atoms. The van der Waals surface area contributed by atoms with E-state index in [1.165, 1.54) is 0 Å². The number of aryl methyl sites for hydroxylation is 3. The van der Waals surface area contributed by atoms with E-state index in [2.05, 4.69) is 0 Å². The van der Waals surface area contributed by atoms with Crippen LogP contribution in [0.4, 0.5) is 0 Å². The highest BCUT2D eigenvalue weighted by Crippen LogP contribution is 2.45. The third-order valence-electron chi connectivity index (χ3n) is 5.22. The Bertz CT molecular complexity index is 695. The van der Waals surface area contributed by atoms with Crippen LogP contribution in [0.2, 0.25) is 0 Å². The molecule has 0 radical (unpaired) electrons. The van der Waals surface area contributed by atoms with Crippen molar-refractivity contribution in [2.24, 2.45) is 0 Å². The normalized spacial score (nSPS) is 21.2. The van der Waals surface area contributed by atoms with E-state index in [1.807, 2.05) is 32.9 Å². The van der Waals surface area contributed by atoms with Crippen molar-refractivity contribution in [3.63, 3.8) is 0 Å². The Hall–Kier alpha value is -1.89. The molecule has 6 nitrogen and oxygen atoms in total. The second-order valence-corrected chi connectivity index (χ2v) is 6.76. The second-order valence-electron chi connectivity index (χ2n) is 6.76. The first-order chi connectivity index (χ1) is 11.3. The van der Waals surface area contributed by atoms with Gasteiger partial charge in [-0.1, -0.05) is 17.7 Å². The molecule has 0 saturated carbocycles. The number of hydrogen-bond acceptors (Lipinski definition) is 5. The standard InChI is InChI=1S/C18H24N2O4/c1-11-9-12(2)14(13(3)10-11)15-16(21)18(20(23)17(15)22)5-7-19(24-4)8-6-18/h9-10,21,23H,5-8H2,1-4H3. The number of carbonyl (C=O) groups excluding carboxylic acids is 1. The monoisotopic (exact) mass is 332 g/mol. The van der Waals surface area contributed by atoms with Crippen molar-refractivity contribution in [1.29, 1.82) is 0 Å². The zero-order valence-corrected chi connectivity index (χ0v) is 14.6. The van der Waals surface area contributed by atoms with Gasteiger partial charge in [-0.3, -0.25) is 10.0 Å². The Morgan fingerprint density at radius 2 is 1.67 bits per heavy atom. The molecular formula is C18H24N2O4. The highest BCUT2D eigenvalue weighted by molar-refractivity contribution is 6.23. The molecule has 2 N–H and O–H groups in total. The predicted molar refractivity (Wildman–Crippen MR) is 89.4 cm³/mol. The van der Waals surface area contributed by atoms with E-state index >= 15 is 0 Å². The first-order valence-electron chi connectivity index (χ1n) is 8.16. The van der Waals surface area contributed by atoms with Crippen LogP contribution in [0.15, 0.2) is 17.9 Å². The molecule has 2 aliphatic heterocycles. The fraction of sp³-hybridized carbons (Fsp3) is 0.500. The summed E-state index contributed by atoms with van der Waals surface area (Å²) in [4.78, 5) is 17.9. The highest BCUT2D eigenvalue weighted by atomic mass is 16.7. The number of carbonyl (C=O) groups is 1. The van der Waals surface area contributed by atoms with Gasteiger partial charge >= 0.3 is 0 Å². The number of rotatable bonds is 2. The topological polar surface area (TPSA) is 73.2 Å². The van der Waals surface area contributed by atoms with E-state index < -0.39 is 11.4 Å². The summed E-state index contributed by atoms with van der Waals surface area (Å²) in [5.41, 5.74) is 2.82. The van der Waals surface area contributed by atoms with Crippen LogP contribution in [-0.4, -0.2) is 52.1 Å². The Kier molecular flexibility index (Phi) is 4.15. The lowest BCUT2D eigenvalue weighted by molar-refractivity contribution is -0.209. The highest BCUT2D eigenvalue weighted by Gasteiger charge is 2.54. The lowest BCUT2D eigenvalue weighted by Crippen LogP contribution is -2.53. The largest absolute Gasteiger partial charge is 0.509 e. The molecule has 1 saturated heterocycles. The van der Waals surface area contributed by atoms with Crippen molar-refractivity contribution in [3.8, 4) is 0 Å². The van der Waals surface area contributed by atoms with Gasteiger partial charge in [-0.15, -0.1) is 0 Å². The smallest absolute Gasteiger partial charge is 0.282 e. The van der Waals surface area contributed by atoms with Crippen molar-refractivity contribution in [2.75, 3.05) is 20.2 Å². The third-order valence-corrected chi connectivity index (χ3v) is 5.22. The van der Waals surface area contributed by atoms with Gasteiger partial charge in [0, 0.05) is 13.1 Å². The first-order valence-corrected chi connectivity index (χ1v) is 8.16. The zero-order valence-electron chi connectivity index (χ0n) is 14.6. The number of piperidine rings is 1. The summed E-state index contributed by atoms with van der Waals surface area (Å²) in [6.07, 6.45) is 0.838. The Morgan fingerprint density at radius 3 is 2.17 bits per heavy atom. The molecule has 1 amide bonds. The van der Waals surface area contributed by atoms with Gasteiger partial charge in [0.2, 0.25) is 0 Å². The fourth-order valence-electron chi connectivity index (χ4n) is 4.02. The predicted octanol–water partition coefficient (Wildman–Crippen LogP) is 2.51. The van der Waals surface area contributed by atoms with Crippen LogP contribution < -0.4 is 0 Å². The van der Waals surface area contributed by atoms with Crippen LogP contribution in [0.5, 0.6) is 0 Å². The van der Waals surface area contributed by atoms with Crippen molar-refractivity contribution in [2.45, 2.75) is 39.2 Å². The average Bonchev–Trinajstić information content (AvgIpc) is 2.71. The summed E-state index contributed by atoms with van der Waals surface area (Å²) in [5.74, 6) is -0.561. The molecule has 0 unspecified atom stereocenters. The third kappa shape index (κ3) is 2.33. The first kappa shape index (κ1) is 17.0. The number of benzene rings is 1. The quantitative estimate of drug-likeness (QED) is 0.814. The van der Waals surface area contributed by atoms with Crippen LogP contribution in [0.1, 0.15) is 35.1 Å². The van der Waals surface area contributed by atoms with Gasteiger partial charge in [-0.05, 0) is 50.3 Å². The molecule has 6 heteroatoms. The maximum Gasteiger partial charge on any atom is 0.282 e. The minimum Gasteiger partial charge on any atom is -0.509 e. The minimum absolute atomic E-state index is 0.0270. The summed E-state index contributed by atoms with van der Waals surface area (Å²) in [6.45, 7) is 6.90. The maximum absolute atomic E-state index is 12.7. The summed E-state index contributed by atoms with van der Waals surface area (Å²) in [7, 11) is 1.59. The molecule has 1 aromatic rings. The Labute approximate surface area is 141 Å². The number of aliphatic hydroxyl groups is 1. The lowest BCUT2D eigenvalue weighted by atomic mass is 9.85. The Morgan fingerprint density at radius 1 is 1.12 bits per heavy atom. The van der Waals surface area contributed by atoms with E-state index in [1.54, 1.807) is 12.2 Å². The molecule has 0 aromatic heterocycles. The van der Waals surface area contributed by atoms with Crippen molar-refractivity contribution >= 4 is 11.5 Å². The Balaban J connectivity index is 2.10. The SMILES string of the molecule is CON1CCC2(CC1)C(O)=C(c1c(C)cc(C)cc1C)C(=O)N2O. The summed E-state index contributed by atoms with van der Waals surface area (Å²) < 4.78 is 0. The molecule has 3 rings (SSSR count). The summed E-state index contributed by atoms with van der Waals surface area (Å²) >= 11 is 0. The van der Waals surface area contributed by atoms with Gasteiger partial charge in [0.15, 0.2) is 0 Å². The van der Waals surface area contributed by atoms with Crippen molar-refractivity contribution < 1.29 is 19.9 Å². The second kappa shape index (κ2) is 5.88. The summed E-state index contributed by atoms with van der Waals surface area (Å²) in [5, 5.41) is 23.9. The van der Waals surface area contributed by atoms with Crippen LogP contribution in [0, 0.1) is 20.8 Å². The van der Waals surface area contributed by atoms with Crippen LogP contribution in [-0.2, 0) is 9.63 Å². The molecule has 2 heterocycles. The van der Waals surface area contributed by atoms with E-state index in [-0.39, 0.29) is 11.3 Å². The van der Waals surface area contributed by atoms with Gasteiger partial charge in [-0.2, -0.15) is 5.06 Å². The number of amides is 1. The molecule has 0 bridgehead atoms. The average molecular weight is 332 g/mol. The summed E-state index contributed by atoms with van der Waals surface area (Å²) in [6, 6.07) is 3.96. The molecule has 130 valence electrons. The molecule has 1 aromatic carbocycles. The van der Waals surface area contributed by atoms with Gasteiger partial charge in [0.25, 0.3) is 5.91 Å². The molecule has 2 aliphatic rings. The van der Waals surface area contributed by atoms with Gasteiger partial charge < -0.3 is 9.94 Å². The molecule has 1 spiro atoms.